The van der Waals surface area contributed by atoms with Gasteiger partial charge in [-0.25, -0.2) is 0 Å². The van der Waals surface area contributed by atoms with E-state index in [2.05, 4.69) is 10.2 Å². The zero-order valence-electron chi connectivity index (χ0n) is 16.1. The first-order valence-corrected chi connectivity index (χ1v) is 8.78. The minimum Gasteiger partial charge on any atom is -0.496 e. The highest BCUT2D eigenvalue weighted by atomic mass is 16.5. The van der Waals surface area contributed by atoms with Crippen LogP contribution in [0.1, 0.15) is 16.7 Å². The Bertz CT molecular complexity index is 926. The first-order valence-electron chi connectivity index (χ1n) is 8.78. The highest BCUT2D eigenvalue weighted by molar-refractivity contribution is 6.13. The zero-order valence-corrected chi connectivity index (χ0v) is 16.1. The molecular weight excluding hydrogens is 352 g/mol. The third kappa shape index (κ3) is 4.38. The Morgan fingerprint density at radius 2 is 1.18 bits per heavy atom. The monoisotopic (exact) mass is 374 g/mol. The van der Waals surface area contributed by atoms with E-state index in [0.29, 0.717) is 17.2 Å². The molecular formula is C23H22N2O3. The van der Waals surface area contributed by atoms with Gasteiger partial charge in [0.05, 0.1) is 27.5 Å². The zero-order chi connectivity index (χ0) is 19.8. The molecule has 0 bridgehead atoms. The van der Waals surface area contributed by atoms with Crippen molar-refractivity contribution >= 4 is 11.9 Å². The van der Waals surface area contributed by atoms with E-state index in [1.807, 2.05) is 60.7 Å². The number of benzene rings is 3. The van der Waals surface area contributed by atoms with Crippen LogP contribution in [0.15, 0.2) is 83.0 Å². The molecule has 3 aromatic rings. The largest absolute Gasteiger partial charge is 0.496 e. The molecule has 28 heavy (non-hydrogen) atoms. The number of nitrogens with zero attached hydrogens (tertiary/aromatic N) is 2. The molecule has 0 spiro atoms. The lowest BCUT2D eigenvalue weighted by Gasteiger charge is -2.11. The maximum Gasteiger partial charge on any atom is 0.164 e. The first-order chi connectivity index (χ1) is 13.8. The van der Waals surface area contributed by atoms with Crippen molar-refractivity contribution in [2.75, 3.05) is 21.3 Å². The van der Waals surface area contributed by atoms with Gasteiger partial charge in [0, 0.05) is 22.8 Å². The molecule has 0 aliphatic rings. The molecule has 0 atom stereocenters. The smallest absolute Gasteiger partial charge is 0.164 e. The van der Waals surface area contributed by atoms with Crippen molar-refractivity contribution in [3.05, 3.63) is 89.5 Å². The molecule has 0 aliphatic carbocycles. The van der Waals surface area contributed by atoms with Crippen molar-refractivity contribution in [1.29, 1.82) is 0 Å². The fourth-order valence-corrected chi connectivity index (χ4v) is 2.78. The van der Waals surface area contributed by atoms with Crippen LogP contribution >= 0.6 is 0 Å². The Morgan fingerprint density at radius 1 is 0.679 bits per heavy atom. The van der Waals surface area contributed by atoms with Crippen molar-refractivity contribution in [1.82, 2.24) is 0 Å². The van der Waals surface area contributed by atoms with E-state index in [4.69, 9.17) is 14.2 Å². The summed E-state index contributed by atoms with van der Waals surface area (Å²) < 4.78 is 16.1. The predicted octanol–water partition coefficient (Wildman–Crippen LogP) is 4.58. The lowest BCUT2D eigenvalue weighted by molar-refractivity contribution is 0.349. The van der Waals surface area contributed by atoms with Crippen molar-refractivity contribution in [2.24, 2.45) is 10.2 Å². The Hall–Kier alpha value is -3.60. The van der Waals surface area contributed by atoms with Crippen LogP contribution in [0.3, 0.4) is 0 Å². The van der Waals surface area contributed by atoms with Crippen LogP contribution in [-0.4, -0.2) is 33.3 Å². The summed E-state index contributed by atoms with van der Waals surface area (Å²) in [6.45, 7) is 0. The van der Waals surface area contributed by atoms with E-state index >= 15 is 0 Å². The normalized spacial score (nSPS) is 10.5. The minimum atomic E-state index is 0.592. The lowest BCUT2D eigenvalue weighted by atomic mass is 10.0. The highest BCUT2D eigenvalue weighted by Crippen LogP contribution is 2.33. The minimum absolute atomic E-state index is 0.592. The summed E-state index contributed by atoms with van der Waals surface area (Å²) >= 11 is 0. The summed E-state index contributed by atoms with van der Waals surface area (Å²) in [7, 11) is 4.77. The summed E-state index contributed by atoms with van der Waals surface area (Å²) in [6.07, 6.45) is 1.65. The average molecular weight is 374 g/mol. The molecule has 0 unspecified atom stereocenters. The quantitative estimate of drug-likeness (QED) is 0.449. The van der Waals surface area contributed by atoms with Gasteiger partial charge in [-0.2, -0.15) is 5.10 Å². The third-order valence-corrected chi connectivity index (χ3v) is 4.18. The Balaban J connectivity index is 2.00. The first kappa shape index (κ1) is 19.2. The molecule has 0 radical (unpaired) electrons. The molecule has 0 N–H and O–H groups in total. The molecule has 3 aromatic carbocycles. The third-order valence-electron chi connectivity index (χ3n) is 4.18. The molecule has 0 saturated heterocycles. The van der Waals surface area contributed by atoms with Gasteiger partial charge in [-0.3, -0.25) is 0 Å². The number of hydrogen-bond donors (Lipinski definition) is 0. The molecule has 0 aliphatic heterocycles. The van der Waals surface area contributed by atoms with Crippen molar-refractivity contribution in [3.63, 3.8) is 0 Å². The Labute approximate surface area is 164 Å². The van der Waals surface area contributed by atoms with Crippen molar-refractivity contribution in [2.45, 2.75) is 0 Å². The fourth-order valence-electron chi connectivity index (χ4n) is 2.78. The fraction of sp³-hybridized carbons (Fsp3) is 0.130. The van der Waals surface area contributed by atoms with E-state index in [-0.39, 0.29) is 0 Å². The summed E-state index contributed by atoms with van der Waals surface area (Å²) in [5, 5.41) is 8.81. The van der Waals surface area contributed by atoms with Gasteiger partial charge in [0.15, 0.2) is 11.5 Å². The number of ether oxygens (including phenoxy) is 3. The van der Waals surface area contributed by atoms with Gasteiger partial charge >= 0.3 is 0 Å². The van der Waals surface area contributed by atoms with Gasteiger partial charge in [0.1, 0.15) is 11.5 Å². The second-order valence-corrected chi connectivity index (χ2v) is 5.87. The van der Waals surface area contributed by atoms with Crippen LogP contribution in [0.5, 0.6) is 17.2 Å². The topological polar surface area (TPSA) is 52.4 Å². The molecule has 142 valence electrons. The molecule has 5 heteroatoms. The van der Waals surface area contributed by atoms with Gasteiger partial charge in [-0.15, -0.1) is 5.10 Å². The molecule has 0 fully saturated rings. The van der Waals surface area contributed by atoms with Crippen LogP contribution < -0.4 is 14.2 Å². The Kier molecular flexibility index (Phi) is 6.41. The van der Waals surface area contributed by atoms with Gasteiger partial charge in [0.2, 0.25) is 0 Å². The molecule has 3 rings (SSSR count). The molecule has 0 saturated carbocycles. The van der Waals surface area contributed by atoms with E-state index in [1.165, 1.54) is 0 Å². The lowest BCUT2D eigenvalue weighted by Crippen LogP contribution is -2.02. The van der Waals surface area contributed by atoms with Crippen LogP contribution in [0, 0.1) is 0 Å². The van der Waals surface area contributed by atoms with Crippen molar-refractivity contribution < 1.29 is 14.2 Å². The maximum absolute atomic E-state index is 5.44. The van der Waals surface area contributed by atoms with Crippen LogP contribution in [0.2, 0.25) is 0 Å². The second-order valence-electron chi connectivity index (χ2n) is 5.87. The van der Waals surface area contributed by atoms with E-state index in [0.717, 1.165) is 22.4 Å². The number of rotatable bonds is 7. The van der Waals surface area contributed by atoms with E-state index < -0.39 is 0 Å². The van der Waals surface area contributed by atoms with E-state index in [1.54, 1.807) is 39.7 Å². The van der Waals surface area contributed by atoms with Gasteiger partial charge < -0.3 is 14.2 Å². The van der Waals surface area contributed by atoms with Gasteiger partial charge in [-0.05, 0) is 6.07 Å². The van der Waals surface area contributed by atoms with Crippen molar-refractivity contribution in [3.8, 4) is 17.2 Å². The van der Waals surface area contributed by atoms with E-state index in [9.17, 15) is 0 Å². The molecule has 0 aromatic heterocycles. The average Bonchev–Trinajstić information content (AvgIpc) is 2.77. The number of hydrogen-bond acceptors (Lipinski definition) is 5. The summed E-state index contributed by atoms with van der Waals surface area (Å²) in [5.41, 5.74) is 3.51. The summed E-state index contributed by atoms with van der Waals surface area (Å²) in [4.78, 5) is 0. The van der Waals surface area contributed by atoms with Crippen LogP contribution in [0.25, 0.3) is 0 Å². The predicted molar refractivity (Wildman–Crippen MR) is 112 cm³/mol. The molecule has 0 amide bonds. The maximum atomic E-state index is 5.44. The second kappa shape index (κ2) is 9.37. The standard InChI is InChI=1S/C23H22N2O3/c1-26-20-15-22(28-3)21(27-2)14-19(20)16-24-25-23(17-10-6-4-7-11-17)18-12-8-5-9-13-18/h4-16H,1-3H3/b24-16-. The van der Waals surface area contributed by atoms with Crippen LogP contribution in [-0.2, 0) is 0 Å². The highest BCUT2D eigenvalue weighted by Gasteiger charge is 2.11. The van der Waals surface area contributed by atoms with Gasteiger partial charge in [0.25, 0.3) is 0 Å². The summed E-state index contributed by atoms with van der Waals surface area (Å²) in [5.74, 6) is 1.81. The molecule has 0 heterocycles. The summed E-state index contributed by atoms with van der Waals surface area (Å²) in [6, 6.07) is 23.5. The SMILES string of the molecule is COc1cc(OC)c(OC)cc1/C=N\N=C(c1ccccc1)c1ccccc1. The molecule has 5 nitrogen and oxygen atoms in total. The van der Waals surface area contributed by atoms with Crippen LogP contribution in [0.4, 0.5) is 0 Å². The number of methoxy groups -OCH3 is 3. The Morgan fingerprint density at radius 3 is 1.68 bits per heavy atom. The van der Waals surface area contributed by atoms with Gasteiger partial charge in [-0.1, -0.05) is 60.7 Å².